The van der Waals surface area contributed by atoms with Crippen LogP contribution in [-0.2, 0) is 4.79 Å². The molecule has 21 heavy (non-hydrogen) atoms. The van der Waals surface area contributed by atoms with Crippen LogP contribution in [0.5, 0.6) is 0 Å². The lowest BCUT2D eigenvalue weighted by atomic mass is 9.90. The van der Waals surface area contributed by atoms with E-state index >= 15 is 0 Å². The van der Waals surface area contributed by atoms with Gasteiger partial charge in [-0.15, -0.1) is 0 Å². The molecule has 0 aromatic heterocycles. The van der Waals surface area contributed by atoms with Crippen molar-refractivity contribution in [1.29, 1.82) is 0 Å². The van der Waals surface area contributed by atoms with Gasteiger partial charge in [-0.3, -0.25) is 10.1 Å². The number of para-hydroxylation sites is 1. The Labute approximate surface area is 121 Å². The smallest absolute Gasteiger partial charge is 0.329 e. The summed E-state index contributed by atoms with van der Waals surface area (Å²) in [7, 11) is 0. The molecule has 0 aliphatic carbocycles. The van der Waals surface area contributed by atoms with Crippen molar-refractivity contribution in [3.63, 3.8) is 0 Å². The molecule has 1 aliphatic rings. The van der Waals surface area contributed by atoms with Crippen LogP contribution in [0.15, 0.2) is 18.2 Å². The molecule has 0 radical (unpaired) electrons. The number of nitro benzene ring substituents is 1. The van der Waals surface area contributed by atoms with Crippen LogP contribution in [-0.4, -0.2) is 28.1 Å². The average molecular weight is 296 g/mol. The molecule has 1 unspecified atom stereocenters. The number of rotatable bonds is 5. The number of aliphatic carboxylic acids is 1. The molecule has 0 spiro atoms. The standard InChI is InChI=1S/C14H17FN2O4/c1-2-7-14(13(18)19)8-4-9-16(14)11-6-3-5-10(15)12(11)17(20)21/h3,5-6H,2,4,7-9H2,1H3,(H,18,19). The van der Waals surface area contributed by atoms with Gasteiger partial charge in [0, 0.05) is 6.54 Å². The van der Waals surface area contributed by atoms with Crippen molar-refractivity contribution in [1.82, 2.24) is 0 Å². The maximum absolute atomic E-state index is 13.8. The number of anilines is 1. The Morgan fingerprint density at radius 1 is 1.57 bits per heavy atom. The molecular weight excluding hydrogens is 279 g/mol. The van der Waals surface area contributed by atoms with Gasteiger partial charge < -0.3 is 10.0 Å². The molecule has 1 aromatic rings. The van der Waals surface area contributed by atoms with E-state index in [0.29, 0.717) is 32.2 Å². The molecule has 0 bridgehead atoms. The summed E-state index contributed by atoms with van der Waals surface area (Å²) in [5, 5.41) is 20.7. The molecule has 1 aromatic carbocycles. The van der Waals surface area contributed by atoms with Gasteiger partial charge in [-0.1, -0.05) is 19.4 Å². The van der Waals surface area contributed by atoms with Crippen LogP contribution in [0.2, 0.25) is 0 Å². The highest BCUT2D eigenvalue weighted by molar-refractivity contribution is 5.86. The first-order chi connectivity index (χ1) is 9.94. The molecule has 1 atom stereocenters. The van der Waals surface area contributed by atoms with E-state index in [2.05, 4.69) is 0 Å². The molecule has 1 aliphatic heterocycles. The first-order valence-electron chi connectivity index (χ1n) is 6.88. The van der Waals surface area contributed by atoms with E-state index in [1.807, 2.05) is 6.92 Å². The third kappa shape index (κ3) is 2.43. The highest BCUT2D eigenvalue weighted by Crippen LogP contribution is 2.42. The summed E-state index contributed by atoms with van der Waals surface area (Å²) < 4.78 is 13.8. The Bertz CT molecular complexity index is 578. The van der Waals surface area contributed by atoms with Crippen LogP contribution in [0.3, 0.4) is 0 Å². The van der Waals surface area contributed by atoms with E-state index in [4.69, 9.17) is 0 Å². The number of hydrogen-bond acceptors (Lipinski definition) is 4. The molecule has 1 fully saturated rings. The number of carbonyl (C=O) groups is 1. The van der Waals surface area contributed by atoms with Crippen LogP contribution in [0.4, 0.5) is 15.8 Å². The highest BCUT2D eigenvalue weighted by atomic mass is 19.1. The average Bonchev–Trinajstić information content (AvgIpc) is 2.83. The van der Waals surface area contributed by atoms with Gasteiger partial charge in [0.15, 0.2) is 0 Å². The second kappa shape index (κ2) is 5.67. The molecule has 1 heterocycles. The summed E-state index contributed by atoms with van der Waals surface area (Å²) >= 11 is 0. The number of carboxylic acid groups (broad SMARTS) is 1. The minimum Gasteiger partial charge on any atom is -0.479 e. The lowest BCUT2D eigenvalue weighted by Crippen LogP contribution is -2.51. The maximum atomic E-state index is 13.8. The zero-order chi connectivity index (χ0) is 15.6. The van der Waals surface area contributed by atoms with Crippen LogP contribution in [0.25, 0.3) is 0 Å². The number of benzene rings is 1. The van der Waals surface area contributed by atoms with E-state index in [0.717, 1.165) is 6.07 Å². The van der Waals surface area contributed by atoms with Crippen molar-refractivity contribution < 1.29 is 19.2 Å². The van der Waals surface area contributed by atoms with Gasteiger partial charge >= 0.3 is 11.7 Å². The fourth-order valence-corrected chi connectivity index (χ4v) is 3.13. The van der Waals surface area contributed by atoms with Crippen LogP contribution >= 0.6 is 0 Å². The van der Waals surface area contributed by atoms with E-state index in [1.165, 1.54) is 17.0 Å². The first-order valence-corrected chi connectivity index (χ1v) is 6.88. The van der Waals surface area contributed by atoms with E-state index in [1.54, 1.807) is 0 Å². The first kappa shape index (κ1) is 15.2. The Morgan fingerprint density at radius 2 is 2.29 bits per heavy atom. The Kier molecular flexibility index (Phi) is 4.11. The van der Waals surface area contributed by atoms with E-state index in [-0.39, 0.29) is 5.69 Å². The fourth-order valence-electron chi connectivity index (χ4n) is 3.13. The predicted molar refractivity (Wildman–Crippen MR) is 74.9 cm³/mol. The fraction of sp³-hybridized carbons (Fsp3) is 0.500. The molecular formula is C14H17FN2O4. The summed E-state index contributed by atoms with van der Waals surface area (Å²) in [4.78, 5) is 23.6. The summed E-state index contributed by atoms with van der Waals surface area (Å²) in [6, 6.07) is 3.80. The number of halogens is 1. The lowest BCUT2D eigenvalue weighted by Gasteiger charge is -2.36. The van der Waals surface area contributed by atoms with Gasteiger partial charge in [0.2, 0.25) is 5.82 Å². The van der Waals surface area contributed by atoms with Gasteiger partial charge in [0.25, 0.3) is 0 Å². The largest absolute Gasteiger partial charge is 0.479 e. The predicted octanol–water partition coefficient (Wildman–Crippen LogP) is 2.96. The minimum absolute atomic E-state index is 0.0494. The monoisotopic (exact) mass is 296 g/mol. The second-order valence-electron chi connectivity index (χ2n) is 5.21. The molecule has 0 amide bonds. The number of carboxylic acids is 1. The third-order valence-electron chi connectivity index (χ3n) is 3.99. The molecule has 7 heteroatoms. The van der Waals surface area contributed by atoms with Gasteiger partial charge in [-0.25, -0.2) is 4.79 Å². The van der Waals surface area contributed by atoms with Gasteiger partial charge in [-0.05, 0) is 31.4 Å². The zero-order valence-corrected chi connectivity index (χ0v) is 11.7. The summed E-state index contributed by atoms with van der Waals surface area (Å²) in [6.07, 6.45) is 2.02. The van der Waals surface area contributed by atoms with Gasteiger partial charge in [0.1, 0.15) is 11.2 Å². The molecule has 1 saturated heterocycles. The summed E-state index contributed by atoms with van der Waals surface area (Å²) in [6.45, 7) is 2.23. The highest BCUT2D eigenvalue weighted by Gasteiger charge is 2.48. The molecule has 1 N–H and O–H groups in total. The van der Waals surface area contributed by atoms with E-state index in [9.17, 15) is 24.4 Å². The van der Waals surface area contributed by atoms with Crippen molar-refractivity contribution in [2.75, 3.05) is 11.4 Å². The van der Waals surface area contributed by atoms with Gasteiger partial charge in [-0.2, -0.15) is 4.39 Å². The Morgan fingerprint density at radius 3 is 2.86 bits per heavy atom. The topological polar surface area (TPSA) is 83.7 Å². The van der Waals surface area contributed by atoms with Crippen molar-refractivity contribution in [3.8, 4) is 0 Å². The quantitative estimate of drug-likeness (QED) is 0.667. The van der Waals surface area contributed by atoms with Crippen molar-refractivity contribution in [2.24, 2.45) is 0 Å². The summed E-state index contributed by atoms with van der Waals surface area (Å²) in [5.74, 6) is -1.96. The molecule has 114 valence electrons. The number of nitro groups is 1. The molecule has 2 rings (SSSR count). The third-order valence-corrected chi connectivity index (χ3v) is 3.99. The Balaban J connectivity index is 2.57. The molecule has 0 saturated carbocycles. The maximum Gasteiger partial charge on any atom is 0.329 e. The normalized spacial score (nSPS) is 21.5. The SMILES string of the molecule is CCCC1(C(=O)O)CCCN1c1cccc(F)c1[N+](=O)[O-]. The van der Waals surface area contributed by atoms with E-state index < -0.39 is 27.9 Å². The second-order valence-corrected chi connectivity index (χ2v) is 5.21. The van der Waals surface area contributed by atoms with Crippen LogP contribution < -0.4 is 4.90 Å². The number of nitrogens with zero attached hydrogens (tertiary/aromatic N) is 2. The van der Waals surface area contributed by atoms with Crippen LogP contribution in [0, 0.1) is 15.9 Å². The van der Waals surface area contributed by atoms with Crippen LogP contribution in [0.1, 0.15) is 32.6 Å². The molecule has 6 nitrogen and oxygen atoms in total. The minimum atomic E-state index is -1.19. The zero-order valence-electron chi connectivity index (χ0n) is 11.7. The van der Waals surface area contributed by atoms with Gasteiger partial charge in [0.05, 0.1) is 4.92 Å². The lowest BCUT2D eigenvalue weighted by molar-refractivity contribution is -0.386. The summed E-state index contributed by atoms with van der Waals surface area (Å²) in [5.41, 5.74) is -1.79. The van der Waals surface area contributed by atoms with Crippen molar-refractivity contribution in [3.05, 3.63) is 34.1 Å². The van der Waals surface area contributed by atoms with Crippen molar-refractivity contribution in [2.45, 2.75) is 38.1 Å². The van der Waals surface area contributed by atoms with Crippen molar-refractivity contribution >= 4 is 17.3 Å². The Hall–Kier alpha value is -2.18. The number of hydrogen-bond donors (Lipinski definition) is 1.